The molecule has 0 aliphatic carbocycles. The Morgan fingerprint density at radius 3 is 2.45 bits per heavy atom. The molecule has 1 heterocycles. The first-order chi connectivity index (χ1) is 9.28. The van der Waals surface area contributed by atoms with Crippen LogP contribution < -0.4 is 0 Å². The molecule has 20 heavy (non-hydrogen) atoms. The second-order valence-electron chi connectivity index (χ2n) is 5.77. The Bertz CT molecular complexity index is 299. The van der Waals surface area contributed by atoms with Crippen LogP contribution in [0.5, 0.6) is 0 Å². The molecule has 0 aromatic heterocycles. The Morgan fingerprint density at radius 1 is 1.35 bits per heavy atom. The number of hydrogen-bond donors (Lipinski definition) is 1. The smallest absolute Gasteiger partial charge is 0.389 e. The zero-order valence-corrected chi connectivity index (χ0v) is 12.0. The van der Waals surface area contributed by atoms with E-state index in [9.17, 15) is 18.0 Å². The Balaban J connectivity index is 2.18. The van der Waals surface area contributed by atoms with Crippen LogP contribution in [0.1, 0.15) is 51.9 Å². The molecule has 1 rings (SSSR count). The van der Waals surface area contributed by atoms with Crippen LogP contribution in [0.4, 0.5) is 13.2 Å². The minimum absolute atomic E-state index is 0.178. The molecule has 0 saturated carbocycles. The van der Waals surface area contributed by atoms with E-state index in [2.05, 4.69) is 4.90 Å². The summed E-state index contributed by atoms with van der Waals surface area (Å²) in [6, 6.07) is 0.178. The third kappa shape index (κ3) is 7.12. The second kappa shape index (κ2) is 7.86. The van der Waals surface area contributed by atoms with Crippen LogP contribution in [0.25, 0.3) is 0 Å². The number of alkyl halides is 3. The predicted molar refractivity (Wildman–Crippen MR) is 70.5 cm³/mol. The van der Waals surface area contributed by atoms with Gasteiger partial charge in [0.25, 0.3) is 0 Å². The van der Waals surface area contributed by atoms with Crippen molar-refractivity contribution >= 4 is 5.97 Å². The van der Waals surface area contributed by atoms with Gasteiger partial charge in [0.1, 0.15) is 0 Å². The average molecular weight is 295 g/mol. The summed E-state index contributed by atoms with van der Waals surface area (Å²) in [5, 5.41) is 8.64. The lowest BCUT2D eigenvalue weighted by molar-refractivity contribution is -0.138. The van der Waals surface area contributed by atoms with Crippen LogP contribution in [-0.4, -0.2) is 41.3 Å². The fourth-order valence-electron chi connectivity index (χ4n) is 2.79. The standard InChI is InChI=1S/C14H24F3NO2/c1-11(3-2-8-14(15,16)17)18-9-6-12(7-10-18)4-5-13(19)20/h11-12H,2-10H2,1H3,(H,19,20). The molecule has 3 nitrogen and oxygen atoms in total. The Morgan fingerprint density at radius 2 is 1.95 bits per heavy atom. The number of likely N-dealkylation sites (tertiary alicyclic amines) is 1. The van der Waals surface area contributed by atoms with Gasteiger partial charge in [-0.25, -0.2) is 0 Å². The number of carbonyl (C=O) groups is 1. The van der Waals surface area contributed by atoms with Crippen molar-refractivity contribution in [3.05, 3.63) is 0 Å². The highest BCUT2D eigenvalue weighted by atomic mass is 19.4. The van der Waals surface area contributed by atoms with Gasteiger partial charge in [0, 0.05) is 18.9 Å². The molecule has 0 bridgehead atoms. The second-order valence-corrected chi connectivity index (χ2v) is 5.77. The van der Waals surface area contributed by atoms with Crippen molar-refractivity contribution in [3.63, 3.8) is 0 Å². The summed E-state index contributed by atoms with van der Waals surface area (Å²) in [4.78, 5) is 12.7. The fraction of sp³-hybridized carbons (Fsp3) is 0.929. The molecular formula is C14H24F3NO2. The van der Waals surface area contributed by atoms with E-state index in [0.717, 1.165) is 25.9 Å². The van der Waals surface area contributed by atoms with Crippen LogP contribution in [-0.2, 0) is 4.79 Å². The van der Waals surface area contributed by atoms with Gasteiger partial charge in [-0.3, -0.25) is 4.79 Å². The van der Waals surface area contributed by atoms with Gasteiger partial charge in [0.2, 0.25) is 0 Å². The highest BCUT2D eigenvalue weighted by Crippen LogP contribution is 2.26. The van der Waals surface area contributed by atoms with Crippen molar-refractivity contribution in [2.75, 3.05) is 13.1 Å². The summed E-state index contributed by atoms with van der Waals surface area (Å²) in [5.41, 5.74) is 0. The average Bonchev–Trinajstić information content (AvgIpc) is 2.35. The third-order valence-corrected chi connectivity index (χ3v) is 4.12. The Hall–Kier alpha value is -0.780. The van der Waals surface area contributed by atoms with Gasteiger partial charge in [-0.15, -0.1) is 0 Å². The maximum atomic E-state index is 12.1. The molecule has 1 unspecified atom stereocenters. The lowest BCUT2D eigenvalue weighted by Gasteiger charge is -2.36. The molecule has 0 aromatic rings. The molecule has 1 aliphatic rings. The molecule has 1 fully saturated rings. The first-order valence-electron chi connectivity index (χ1n) is 7.30. The molecule has 0 amide bonds. The lowest BCUT2D eigenvalue weighted by atomic mass is 9.91. The van der Waals surface area contributed by atoms with Gasteiger partial charge in [-0.2, -0.15) is 13.2 Å². The minimum Gasteiger partial charge on any atom is -0.481 e. The van der Waals surface area contributed by atoms with Crippen molar-refractivity contribution in [2.24, 2.45) is 5.92 Å². The molecule has 118 valence electrons. The number of aliphatic carboxylic acids is 1. The van der Waals surface area contributed by atoms with E-state index in [0.29, 0.717) is 18.8 Å². The van der Waals surface area contributed by atoms with E-state index in [1.807, 2.05) is 6.92 Å². The molecule has 1 N–H and O–H groups in total. The van der Waals surface area contributed by atoms with Crippen molar-refractivity contribution in [3.8, 4) is 0 Å². The van der Waals surface area contributed by atoms with E-state index in [4.69, 9.17) is 5.11 Å². The van der Waals surface area contributed by atoms with Crippen molar-refractivity contribution in [1.29, 1.82) is 0 Å². The number of piperidine rings is 1. The first kappa shape index (κ1) is 17.3. The molecule has 0 spiro atoms. The summed E-state index contributed by atoms with van der Waals surface area (Å²) in [6.45, 7) is 3.73. The largest absolute Gasteiger partial charge is 0.481 e. The summed E-state index contributed by atoms with van der Waals surface area (Å²) >= 11 is 0. The molecule has 6 heteroatoms. The summed E-state index contributed by atoms with van der Waals surface area (Å²) in [7, 11) is 0. The Kier molecular flexibility index (Phi) is 6.79. The topological polar surface area (TPSA) is 40.5 Å². The van der Waals surface area contributed by atoms with Crippen molar-refractivity contribution < 1.29 is 23.1 Å². The van der Waals surface area contributed by atoms with Crippen molar-refractivity contribution in [2.45, 2.75) is 64.1 Å². The lowest BCUT2D eigenvalue weighted by Crippen LogP contribution is -2.40. The normalized spacial score (nSPS) is 20.0. The highest BCUT2D eigenvalue weighted by molar-refractivity contribution is 5.66. The van der Waals surface area contributed by atoms with E-state index in [1.54, 1.807) is 0 Å². The number of carboxylic acids is 1. The van der Waals surface area contributed by atoms with Crippen LogP contribution in [0.2, 0.25) is 0 Å². The zero-order chi connectivity index (χ0) is 15.2. The monoisotopic (exact) mass is 295 g/mol. The van der Waals surface area contributed by atoms with Crippen LogP contribution in [0, 0.1) is 5.92 Å². The number of rotatable bonds is 7. The van der Waals surface area contributed by atoms with Crippen LogP contribution >= 0.6 is 0 Å². The number of carboxylic acid groups (broad SMARTS) is 1. The van der Waals surface area contributed by atoms with E-state index >= 15 is 0 Å². The number of nitrogens with zero attached hydrogens (tertiary/aromatic N) is 1. The molecule has 0 aromatic carbocycles. The maximum absolute atomic E-state index is 12.1. The van der Waals surface area contributed by atoms with Gasteiger partial charge in [-0.1, -0.05) is 0 Å². The third-order valence-electron chi connectivity index (χ3n) is 4.12. The summed E-state index contributed by atoms with van der Waals surface area (Å²) in [5.74, 6) is -0.308. The highest BCUT2D eigenvalue weighted by Gasteiger charge is 2.28. The molecule has 0 radical (unpaired) electrons. The van der Waals surface area contributed by atoms with Gasteiger partial charge in [-0.05, 0) is 58.0 Å². The predicted octanol–water partition coefficient (Wildman–Crippen LogP) is 3.68. The first-order valence-corrected chi connectivity index (χ1v) is 7.30. The van der Waals surface area contributed by atoms with E-state index in [-0.39, 0.29) is 18.9 Å². The summed E-state index contributed by atoms with van der Waals surface area (Å²) < 4.78 is 36.3. The van der Waals surface area contributed by atoms with Gasteiger partial charge < -0.3 is 10.0 Å². The number of halogens is 3. The van der Waals surface area contributed by atoms with Crippen LogP contribution in [0.15, 0.2) is 0 Å². The summed E-state index contributed by atoms with van der Waals surface area (Å²) in [6.07, 6.45) is -1.16. The van der Waals surface area contributed by atoms with Crippen LogP contribution in [0.3, 0.4) is 0 Å². The Labute approximate surface area is 118 Å². The van der Waals surface area contributed by atoms with Gasteiger partial charge in [0.15, 0.2) is 0 Å². The molecule has 1 saturated heterocycles. The zero-order valence-electron chi connectivity index (χ0n) is 12.0. The minimum atomic E-state index is -4.05. The van der Waals surface area contributed by atoms with Crippen molar-refractivity contribution in [1.82, 2.24) is 4.90 Å². The van der Waals surface area contributed by atoms with E-state index in [1.165, 1.54) is 0 Å². The SMILES string of the molecule is CC(CCCC(F)(F)F)N1CCC(CCC(=O)O)CC1. The van der Waals surface area contributed by atoms with Gasteiger partial charge in [0.05, 0.1) is 0 Å². The van der Waals surface area contributed by atoms with E-state index < -0.39 is 18.6 Å². The quantitative estimate of drug-likeness (QED) is 0.779. The van der Waals surface area contributed by atoms with Gasteiger partial charge >= 0.3 is 12.1 Å². The fourth-order valence-corrected chi connectivity index (χ4v) is 2.79. The molecule has 1 atom stereocenters. The molecular weight excluding hydrogens is 271 g/mol. The number of hydrogen-bond acceptors (Lipinski definition) is 2. The maximum Gasteiger partial charge on any atom is 0.389 e. The molecule has 1 aliphatic heterocycles.